The summed E-state index contributed by atoms with van der Waals surface area (Å²) in [6, 6.07) is 20.1. The molecule has 0 fully saturated rings. The highest BCUT2D eigenvalue weighted by Gasteiger charge is 2.06. The Bertz CT molecular complexity index is 1400. The van der Waals surface area contributed by atoms with Gasteiger partial charge in [0.15, 0.2) is 0 Å². The Morgan fingerprint density at radius 1 is 1.03 bits per heavy atom. The number of aromatic carboxylic acids is 1. The van der Waals surface area contributed by atoms with Crippen LogP contribution in [0.2, 0.25) is 0 Å². The molecule has 1 aromatic heterocycles. The van der Waals surface area contributed by atoms with Gasteiger partial charge >= 0.3 is 11.7 Å². The van der Waals surface area contributed by atoms with Crippen molar-refractivity contribution in [2.75, 3.05) is 0 Å². The number of hydrogen-bond donors (Lipinski definition) is 2. The fraction of sp³-hybridized carbons (Fsp3) is 0.0435. The zero-order valence-corrected chi connectivity index (χ0v) is 16.2. The zero-order valence-electron chi connectivity index (χ0n) is 16.2. The first-order valence-electron chi connectivity index (χ1n) is 9.35. The van der Waals surface area contributed by atoms with Gasteiger partial charge in [0.25, 0.3) is 5.56 Å². The molecular weight excluding hydrogens is 398 g/mol. The van der Waals surface area contributed by atoms with Crippen LogP contribution >= 0.6 is 0 Å². The van der Waals surface area contributed by atoms with Crippen molar-refractivity contribution in [3.63, 3.8) is 0 Å². The van der Waals surface area contributed by atoms with E-state index in [0.29, 0.717) is 22.2 Å². The summed E-state index contributed by atoms with van der Waals surface area (Å²) in [6.45, 7) is 0.254. The first-order valence-corrected chi connectivity index (χ1v) is 9.35. The summed E-state index contributed by atoms with van der Waals surface area (Å²) < 4.78 is 6.52. The van der Waals surface area contributed by atoms with Crippen LogP contribution in [0.4, 0.5) is 0 Å². The number of aromatic amines is 1. The van der Waals surface area contributed by atoms with Gasteiger partial charge in [-0.2, -0.15) is 5.10 Å². The van der Waals surface area contributed by atoms with Crippen molar-refractivity contribution in [3.05, 3.63) is 110 Å². The number of rotatable bonds is 6. The molecule has 2 N–H and O–H groups in total. The van der Waals surface area contributed by atoms with Crippen molar-refractivity contribution in [2.24, 2.45) is 5.10 Å². The van der Waals surface area contributed by atoms with Crippen LogP contribution in [0.15, 0.2) is 87.5 Å². The average molecular weight is 415 g/mol. The lowest BCUT2D eigenvalue weighted by Crippen LogP contribution is -2.32. The first-order chi connectivity index (χ1) is 15.0. The average Bonchev–Trinajstić information content (AvgIpc) is 2.78. The van der Waals surface area contributed by atoms with Gasteiger partial charge in [-0.05, 0) is 47.5 Å². The maximum Gasteiger partial charge on any atom is 0.349 e. The molecular formula is C23H17N3O5. The van der Waals surface area contributed by atoms with Crippen molar-refractivity contribution in [2.45, 2.75) is 6.61 Å². The van der Waals surface area contributed by atoms with Gasteiger partial charge in [-0.15, -0.1) is 4.68 Å². The molecule has 0 spiro atoms. The lowest BCUT2D eigenvalue weighted by molar-refractivity contribution is 0.0697. The van der Waals surface area contributed by atoms with Gasteiger partial charge < -0.3 is 14.8 Å². The SMILES string of the molecule is O=C(O)c1ccc(COc2cccc(C=Nn3c(=O)[nH]c4ccccc4c3=O)c2)cc1. The molecule has 0 atom stereocenters. The molecule has 1 heterocycles. The van der Waals surface area contributed by atoms with Crippen LogP contribution in [-0.4, -0.2) is 27.0 Å². The lowest BCUT2D eigenvalue weighted by Gasteiger charge is -2.07. The molecule has 4 rings (SSSR count). The summed E-state index contributed by atoms with van der Waals surface area (Å²) >= 11 is 0. The number of fused-ring (bicyclic) bond motifs is 1. The van der Waals surface area contributed by atoms with E-state index in [4.69, 9.17) is 9.84 Å². The van der Waals surface area contributed by atoms with Crippen molar-refractivity contribution in [3.8, 4) is 5.75 Å². The molecule has 0 radical (unpaired) electrons. The van der Waals surface area contributed by atoms with Crippen LogP contribution in [0.1, 0.15) is 21.5 Å². The van der Waals surface area contributed by atoms with Crippen LogP contribution < -0.4 is 16.0 Å². The highest BCUT2D eigenvalue weighted by atomic mass is 16.5. The van der Waals surface area contributed by atoms with Gasteiger partial charge in [0.2, 0.25) is 0 Å². The number of carboxylic acid groups (broad SMARTS) is 1. The second-order valence-corrected chi connectivity index (χ2v) is 6.70. The molecule has 0 unspecified atom stereocenters. The van der Waals surface area contributed by atoms with E-state index in [1.165, 1.54) is 18.3 Å². The highest BCUT2D eigenvalue weighted by Crippen LogP contribution is 2.15. The molecule has 0 amide bonds. The number of para-hydroxylation sites is 1. The quantitative estimate of drug-likeness (QED) is 0.470. The van der Waals surface area contributed by atoms with Crippen molar-refractivity contribution >= 4 is 23.1 Å². The second kappa shape index (κ2) is 8.50. The molecule has 3 aromatic carbocycles. The van der Waals surface area contributed by atoms with Gasteiger partial charge in [0, 0.05) is 0 Å². The van der Waals surface area contributed by atoms with Crippen LogP contribution in [0.25, 0.3) is 10.9 Å². The van der Waals surface area contributed by atoms with Gasteiger partial charge in [0.1, 0.15) is 12.4 Å². The van der Waals surface area contributed by atoms with E-state index in [9.17, 15) is 14.4 Å². The summed E-state index contributed by atoms with van der Waals surface area (Å²) in [7, 11) is 0. The van der Waals surface area contributed by atoms with Gasteiger partial charge in [-0.1, -0.05) is 36.4 Å². The summed E-state index contributed by atoms with van der Waals surface area (Å²) in [4.78, 5) is 38.3. The number of nitrogens with one attached hydrogen (secondary N) is 1. The minimum atomic E-state index is -0.983. The standard InChI is InChI=1S/C23H17N3O5/c27-21-19-6-1-2-7-20(19)25-23(30)26(21)24-13-16-4-3-5-18(12-16)31-14-15-8-10-17(11-9-15)22(28)29/h1-13H,14H2,(H,25,30)(H,28,29). The van der Waals surface area contributed by atoms with E-state index in [0.717, 1.165) is 10.2 Å². The maximum absolute atomic E-state index is 12.5. The summed E-state index contributed by atoms with van der Waals surface area (Å²) in [6.07, 6.45) is 1.40. The third-order valence-corrected chi connectivity index (χ3v) is 4.57. The number of aromatic nitrogens is 2. The van der Waals surface area contributed by atoms with Crippen LogP contribution in [0, 0.1) is 0 Å². The summed E-state index contributed by atoms with van der Waals surface area (Å²) in [5.41, 5.74) is 0.984. The molecule has 4 aromatic rings. The zero-order chi connectivity index (χ0) is 21.8. The van der Waals surface area contributed by atoms with E-state index in [-0.39, 0.29) is 12.2 Å². The van der Waals surface area contributed by atoms with Crippen molar-refractivity contribution in [1.82, 2.24) is 9.66 Å². The summed E-state index contributed by atoms with van der Waals surface area (Å²) in [5.74, 6) is -0.421. The predicted molar refractivity (Wildman–Crippen MR) is 116 cm³/mol. The molecule has 8 nitrogen and oxygen atoms in total. The third-order valence-electron chi connectivity index (χ3n) is 4.57. The predicted octanol–water partition coefficient (Wildman–Crippen LogP) is 2.85. The number of ether oxygens (including phenoxy) is 1. The van der Waals surface area contributed by atoms with Gasteiger partial charge in [0.05, 0.1) is 22.7 Å². The highest BCUT2D eigenvalue weighted by molar-refractivity contribution is 5.87. The topological polar surface area (TPSA) is 114 Å². The minimum Gasteiger partial charge on any atom is -0.489 e. The van der Waals surface area contributed by atoms with Crippen molar-refractivity contribution < 1.29 is 14.6 Å². The summed E-state index contributed by atoms with van der Waals surface area (Å²) in [5, 5.41) is 13.3. The normalized spacial score (nSPS) is 11.1. The molecule has 0 bridgehead atoms. The Kier molecular flexibility index (Phi) is 5.44. The van der Waals surface area contributed by atoms with Gasteiger partial charge in [-0.25, -0.2) is 9.59 Å². The Morgan fingerprint density at radius 2 is 1.81 bits per heavy atom. The number of H-pyrrole nitrogens is 1. The molecule has 0 aliphatic rings. The molecule has 31 heavy (non-hydrogen) atoms. The Balaban J connectivity index is 1.52. The van der Waals surface area contributed by atoms with Crippen LogP contribution in [0.5, 0.6) is 5.75 Å². The number of nitrogens with zero attached hydrogens (tertiary/aromatic N) is 2. The molecule has 0 aliphatic heterocycles. The Morgan fingerprint density at radius 3 is 2.58 bits per heavy atom. The monoisotopic (exact) mass is 415 g/mol. The van der Waals surface area contributed by atoms with Crippen LogP contribution in [0.3, 0.4) is 0 Å². The fourth-order valence-electron chi connectivity index (χ4n) is 2.98. The maximum atomic E-state index is 12.5. The fourth-order valence-corrected chi connectivity index (χ4v) is 2.98. The van der Waals surface area contributed by atoms with Gasteiger partial charge in [-0.3, -0.25) is 4.79 Å². The first kappa shape index (κ1) is 19.8. The third kappa shape index (κ3) is 4.43. The lowest BCUT2D eigenvalue weighted by atomic mass is 10.1. The second-order valence-electron chi connectivity index (χ2n) is 6.70. The molecule has 8 heteroatoms. The molecule has 0 aliphatic carbocycles. The van der Waals surface area contributed by atoms with Crippen LogP contribution in [-0.2, 0) is 6.61 Å². The smallest absolute Gasteiger partial charge is 0.349 e. The number of benzene rings is 3. The van der Waals surface area contributed by atoms with E-state index in [1.54, 1.807) is 60.7 Å². The molecule has 0 saturated carbocycles. The van der Waals surface area contributed by atoms with E-state index in [2.05, 4.69) is 10.1 Å². The molecule has 154 valence electrons. The van der Waals surface area contributed by atoms with E-state index in [1.807, 2.05) is 0 Å². The largest absolute Gasteiger partial charge is 0.489 e. The Hall–Kier alpha value is -4.46. The molecule has 0 saturated heterocycles. The number of carboxylic acids is 1. The van der Waals surface area contributed by atoms with Crippen molar-refractivity contribution in [1.29, 1.82) is 0 Å². The van der Waals surface area contributed by atoms with E-state index >= 15 is 0 Å². The number of carbonyl (C=O) groups is 1. The number of hydrogen-bond acceptors (Lipinski definition) is 5. The van der Waals surface area contributed by atoms with E-state index < -0.39 is 17.2 Å². The minimum absolute atomic E-state index is 0.209. The Labute approximate surface area is 175 Å².